The van der Waals surface area contributed by atoms with E-state index in [2.05, 4.69) is 47.4 Å². The lowest BCUT2D eigenvalue weighted by atomic mass is 9.43. The molecule has 2 unspecified atom stereocenters. The van der Waals surface area contributed by atoms with E-state index in [0.29, 0.717) is 55.0 Å². The maximum Gasteiger partial charge on any atom is 0.408 e. The first-order valence-electron chi connectivity index (χ1n) is 17.3. The number of carbonyl (C=O) groups excluding carboxylic acids is 2. The highest BCUT2D eigenvalue weighted by Gasteiger charge is 2.63. The van der Waals surface area contributed by atoms with Crippen molar-refractivity contribution in [1.82, 2.24) is 10.6 Å². The molecule has 256 valence electrons. The Labute approximate surface area is 274 Å². The largest absolute Gasteiger partial charge is 0.447 e. The number of alkyl carbamates (subject to hydrolysis) is 1. The van der Waals surface area contributed by atoms with Gasteiger partial charge in [-0.3, -0.25) is 4.79 Å². The Morgan fingerprint density at radius 1 is 1.11 bits per heavy atom. The Morgan fingerprint density at radius 3 is 2.67 bits per heavy atom. The average molecular weight is 642 g/mol. The van der Waals surface area contributed by atoms with Crippen molar-refractivity contribution in [1.29, 1.82) is 0 Å². The number of ether oxygens (including phenoxy) is 2. The van der Waals surface area contributed by atoms with Gasteiger partial charge in [0.15, 0.2) is 0 Å². The zero-order chi connectivity index (χ0) is 33.3. The number of aliphatic hydroxyl groups excluding tert-OH is 2. The number of allylic oxidation sites excluding steroid dienone is 1. The van der Waals surface area contributed by atoms with Crippen molar-refractivity contribution in [3.63, 3.8) is 0 Å². The summed E-state index contributed by atoms with van der Waals surface area (Å²) in [5.41, 5.74) is 8.84. The number of azide groups is 1. The number of nitrogens with one attached hydrogen (secondary N) is 2. The number of amides is 2. The van der Waals surface area contributed by atoms with Crippen molar-refractivity contribution in [3.05, 3.63) is 22.6 Å². The second-order valence-corrected chi connectivity index (χ2v) is 14.7. The summed E-state index contributed by atoms with van der Waals surface area (Å²) < 4.78 is 10.3. The SMILES string of the molecule is C#CCCOCCOC(=O)NC(CN=[N+]=[N-])NC(=O)/C=C/CC[C@@H](C)[C@H]1CC[C@H]2[C@@H]3CC[C@@H]4C[C@H](O)CC[C@]4(C)[C@H]3CC(O)[C@]12C. The van der Waals surface area contributed by atoms with Gasteiger partial charge in [0.2, 0.25) is 5.91 Å². The minimum atomic E-state index is -0.926. The van der Waals surface area contributed by atoms with Crippen LogP contribution in [0, 0.1) is 58.7 Å². The van der Waals surface area contributed by atoms with E-state index < -0.39 is 18.2 Å². The second kappa shape index (κ2) is 16.4. The topological polar surface area (TPSA) is 166 Å². The summed E-state index contributed by atoms with van der Waals surface area (Å²) in [5, 5.41) is 30.7. The molecule has 46 heavy (non-hydrogen) atoms. The van der Waals surface area contributed by atoms with E-state index in [1.165, 1.54) is 25.3 Å². The number of carbonyl (C=O) groups is 2. The van der Waals surface area contributed by atoms with Gasteiger partial charge < -0.3 is 30.3 Å². The maximum absolute atomic E-state index is 12.6. The van der Waals surface area contributed by atoms with Gasteiger partial charge in [-0.05, 0) is 122 Å². The van der Waals surface area contributed by atoms with E-state index in [0.717, 1.165) is 38.5 Å². The van der Waals surface area contributed by atoms with Gasteiger partial charge in [-0.25, -0.2) is 4.79 Å². The van der Waals surface area contributed by atoms with Crippen LogP contribution < -0.4 is 10.6 Å². The molecule has 2 amide bonds. The number of terminal acetylenes is 1. The minimum absolute atomic E-state index is 0.0145. The van der Waals surface area contributed by atoms with Crippen LogP contribution in [-0.4, -0.2) is 67.0 Å². The highest BCUT2D eigenvalue weighted by Crippen LogP contribution is 2.68. The Morgan fingerprint density at radius 2 is 1.91 bits per heavy atom. The highest BCUT2D eigenvalue weighted by atomic mass is 16.6. The van der Waals surface area contributed by atoms with Crippen LogP contribution in [0.25, 0.3) is 10.4 Å². The average Bonchev–Trinajstić information content (AvgIpc) is 3.39. The van der Waals surface area contributed by atoms with Crippen molar-refractivity contribution < 1.29 is 29.3 Å². The van der Waals surface area contributed by atoms with Gasteiger partial charge in [-0.15, -0.1) is 12.3 Å². The van der Waals surface area contributed by atoms with Crippen LogP contribution >= 0.6 is 0 Å². The predicted molar refractivity (Wildman–Crippen MR) is 175 cm³/mol. The van der Waals surface area contributed by atoms with Crippen LogP contribution in [0.15, 0.2) is 17.3 Å². The van der Waals surface area contributed by atoms with Crippen molar-refractivity contribution in [3.8, 4) is 12.3 Å². The Bertz CT molecular complexity index is 1170. The summed E-state index contributed by atoms with van der Waals surface area (Å²) in [6.07, 6.45) is 16.9. The summed E-state index contributed by atoms with van der Waals surface area (Å²) in [6, 6.07) is 0. The lowest BCUT2D eigenvalue weighted by Crippen LogP contribution is -2.58. The van der Waals surface area contributed by atoms with Crippen LogP contribution in [0.5, 0.6) is 0 Å². The number of hydrogen-bond donors (Lipinski definition) is 4. The third kappa shape index (κ3) is 8.20. The molecule has 4 fully saturated rings. The van der Waals surface area contributed by atoms with Crippen molar-refractivity contribution >= 4 is 12.0 Å². The molecule has 0 aromatic rings. The number of fused-ring (bicyclic) bond motifs is 5. The third-order valence-corrected chi connectivity index (χ3v) is 12.3. The summed E-state index contributed by atoms with van der Waals surface area (Å²) in [6.45, 7) is 7.50. The monoisotopic (exact) mass is 641 g/mol. The summed E-state index contributed by atoms with van der Waals surface area (Å²) in [7, 11) is 0. The number of aliphatic hydroxyl groups is 2. The smallest absolute Gasteiger partial charge is 0.408 e. The molecule has 0 bridgehead atoms. The molecule has 0 spiro atoms. The molecular formula is C35H55N5O6. The van der Waals surface area contributed by atoms with E-state index in [1.54, 1.807) is 0 Å². The minimum Gasteiger partial charge on any atom is -0.447 e. The van der Waals surface area contributed by atoms with E-state index >= 15 is 0 Å². The molecule has 11 heteroatoms. The zero-order valence-corrected chi connectivity index (χ0v) is 27.9. The molecule has 0 radical (unpaired) electrons. The van der Waals surface area contributed by atoms with Crippen molar-refractivity contribution in [2.45, 2.75) is 110 Å². The fourth-order valence-electron chi connectivity index (χ4n) is 9.99. The van der Waals surface area contributed by atoms with Crippen LogP contribution in [0.2, 0.25) is 0 Å². The molecule has 4 aliphatic carbocycles. The second-order valence-electron chi connectivity index (χ2n) is 14.7. The fourth-order valence-corrected chi connectivity index (χ4v) is 9.99. The fraction of sp³-hybridized carbons (Fsp3) is 0.829. The molecule has 0 heterocycles. The zero-order valence-electron chi connectivity index (χ0n) is 27.9. The van der Waals surface area contributed by atoms with Gasteiger partial charge in [0.1, 0.15) is 12.8 Å². The number of rotatable bonds is 14. The molecule has 0 saturated heterocycles. The molecule has 11 nitrogen and oxygen atoms in total. The molecule has 0 aromatic heterocycles. The first-order chi connectivity index (χ1) is 22.0. The van der Waals surface area contributed by atoms with Crippen LogP contribution in [0.3, 0.4) is 0 Å². The van der Waals surface area contributed by atoms with Gasteiger partial charge in [0.05, 0.1) is 32.0 Å². The Kier molecular flexibility index (Phi) is 12.8. The molecular weight excluding hydrogens is 586 g/mol. The predicted octanol–water partition coefficient (Wildman–Crippen LogP) is 5.47. The quantitative estimate of drug-likeness (QED) is 0.0373. The number of hydrogen-bond acceptors (Lipinski definition) is 7. The van der Waals surface area contributed by atoms with E-state index in [4.69, 9.17) is 21.4 Å². The third-order valence-electron chi connectivity index (χ3n) is 12.3. The van der Waals surface area contributed by atoms with Gasteiger partial charge in [-0.1, -0.05) is 32.0 Å². The first-order valence-corrected chi connectivity index (χ1v) is 17.3. The summed E-state index contributed by atoms with van der Waals surface area (Å²) >= 11 is 0. The lowest BCUT2D eigenvalue weighted by Gasteiger charge is -2.62. The van der Waals surface area contributed by atoms with E-state index in [1.807, 2.05) is 6.08 Å². The van der Waals surface area contributed by atoms with Crippen molar-refractivity contribution in [2.24, 2.45) is 51.5 Å². The van der Waals surface area contributed by atoms with Gasteiger partial charge >= 0.3 is 6.09 Å². The highest BCUT2D eigenvalue weighted by molar-refractivity contribution is 5.88. The Hall–Kier alpha value is -2.77. The van der Waals surface area contributed by atoms with Gasteiger partial charge in [0, 0.05) is 11.3 Å². The molecule has 4 aliphatic rings. The molecule has 4 N–H and O–H groups in total. The molecule has 4 saturated carbocycles. The molecule has 11 atom stereocenters. The first kappa shape index (κ1) is 36.1. The van der Waals surface area contributed by atoms with Gasteiger partial charge in [-0.2, -0.15) is 0 Å². The molecule has 0 aliphatic heterocycles. The van der Waals surface area contributed by atoms with Crippen LogP contribution in [0.4, 0.5) is 4.79 Å². The molecule has 0 aromatic carbocycles. The molecule has 4 rings (SSSR count). The number of nitrogens with zero attached hydrogens (tertiary/aromatic N) is 3. The van der Waals surface area contributed by atoms with E-state index in [-0.39, 0.29) is 42.8 Å². The summed E-state index contributed by atoms with van der Waals surface area (Å²) in [5.74, 6) is 5.17. The maximum atomic E-state index is 12.6. The van der Waals surface area contributed by atoms with Crippen LogP contribution in [-0.2, 0) is 14.3 Å². The van der Waals surface area contributed by atoms with E-state index in [9.17, 15) is 19.8 Å². The van der Waals surface area contributed by atoms with Crippen LogP contribution in [0.1, 0.15) is 91.4 Å². The normalized spacial score (nSPS) is 36.2. The van der Waals surface area contributed by atoms with Crippen molar-refractivity contribution in [2.75, 3.05) is 26.4 Å². The Balaban J connectivity index is 1.25. The summed E-state index contributed by atoms with van der Waals surface area (Å²) in [4.78, 5) is 27.4. The van der Waals surface area contributed by atoms with Gasteiger partial charge in [0.25, 0.3) is 0 Å². The standard InChI is InChI=1S/C35H55N5O6/c1-5-6-17-45-18-19-46-33(44)39-31(22-37-40-36)38-32(43)10-8-7-9-23(2)27-13-14-28-26-12-11-24-20-25(41)15-16-34(24,3)29(26)21-30(42)35(27,28)4/h1,8,10,23-31,41-42H,6-7,9,11-22H2,2-4H3,(H,38,43)(H,39,44)/b10-8+/t23-,24-,25-,26+,27-,28+,29+,30?,31?,34+,35-/m1/s1. The lowest BCUT2D eigenvalue weighted by molar-refractivity contribution is -0.174.